The molecule has 2 nitrogen and oxygen atoms in total. The molecule has 138 valence electrons. The Balaban J connectivity index is 1.22. The van der Waals surface area contributed by atoms with E-state index in [1.807, 2.05) is 42.5 Å². The van der Waals surface area contributed by atoms with Gasteiger partial charge in [-0.15, -0.1) is 0 Å². The summed E-state index contributed by atoms with van der Waals surface area (Å²) >= 11 is 0. The molecule has 2 aromatic carbocycles. The summed E-state index contributed by atoms with van der Waals surface area (Å²) in [7, 11) is 0. The maximum absolute atomic E-state index is 12.9. The highest BCUT2D eigenvalue weighted by Crippen LogP contribution is 2.70. The fraction of sp³-hybridized carbons (Fsp3) is 0.480. The molecule has 0 N–H and O–H groups in total. The monoisotopic (exact) mass is 358 g/mol. The maximum Gasteiger partial charge on any atom is 0.338 e. The Labute approximate surface area is 160 Å². The van der Waals surface area contributed by atoms with Crippen molar-refractivity contribution in [1.29, 1.82) is 0 Å². The van der Waals surface area contributed by atoms with Crippen LogP contribution >= 0.6 is 0 Å². The summed E-state index contributed by atoms with van der Waals surface area (Å²) in [4.78, 5) is 12.9. The molecule has 4 aliphatic carbocycles. The maximum atomic E-state index is 12.9. The number of carbonyl (C=O) groups excluding carboxylic acids is 1. The largest absolute Gasteiger partial charge is 0.461 e. The standard InChI is InChI=1S/C25H26O2/c1-25(13-18-12-21(25)23-17-10-9-16(11-17)22(18)23)14-27-24(26)20-8-4-6-15-5-2-3-7-19(15)20/h2-10,16-18,21-23H,11-14H2,1H3. The minimum atomic E-state index is -0.166. The second kappa shape index (κ2) is 5.47. The van der Waals surface area contributed by atoms with Gasteiger partial charge in [-0.3, -0.25) is 0 Å². The molecule has 27 heavy (non-hydrogen) atoms. The SMILES string of the molecule is CC1(COC(=O)c2cccc3ccccc23)CC2CC1C1C3C=CC(C3)C21. The van der Waals surface area contributed by atoms with Crippen LogP contribution in [-0.2, 0) is 4.74 Å². The third-order valence-electron chi connectivity index (χ3n) is 8.31. The zero-order chi connectivity index (χ0) is 18.2. The van der Waals surface area contributed by atoms with Crippen LogP contribution in [0.25, 0.3) is 10.8 Å². The van der Waals surface area contributed by atoms with Crippen molar-refractivity contribution in [1.82, 2.24) is 0 Å². The summed E-state index contributed by atoms with van der Waals surface area (Å²) in [5.74, 6) is 4.82. The molecule has 0 aromatic heterocycles. The number of ether oxygens (including phenoxy) is 1. The summed E-state index contributed by atoms with van der Waals surface area (Å²) in [5, 5.41) is 2.08. The van der Waals surface area contributed by atoms with Crippen LogP contribution in [0.2, 0.25) is 0 Å². The third kappa shape index (κ3) is 2.16. The molecule has 2 heteroatoms. The molecule has 0 saturated heterocycles. The summed E-state index contributed by atoms with van der Waals surface area (Å²) in [6.45, 7) is 2.94. The van der Waals surface area contributed by atoms with E-state index in [9.17, 15) is 4.79 Å². The van der Waals surface area contributed by atoms with Gasteiger partial charge in [0, 0.05) is 5.41 Å². The van der Waals surface area contributed by atoms with E-state index < -0.39 is 0 Å². The number of allylic oxidation sites excluding steroid dienone is 2. The van der Waals surface area contributed by atoms with Gasteiger partial charge in [0.1, 0.15) is 0 Å². The van der Waals surface area contributed by atoms with Crippen LogP contribution in [0.4, 0.5) is 0 Å². The fourth-order valence-corrected chi connectivity index (χ4v) is 7.37. The average Bonchev–Trinajstić information content (AvgIpc) is 3.44. The molecule has 2 aromatic rings. The lowest BCUT2D eigenvalue weighted by molar-refractivity contribution is -0.00548. The first-order valence-corrected chi connectivity index (χ1v) is 10.5. The van der Waals surface area contributed by atoms with Crippen LogP contribution in [0.1, 0.15) is 36.5 Å². The van der Waals surface area contributed by atoms with Crippen LogP contribution in [0.15, 0.2) is 54.6 Å². The second-order valence-electron chi connectivity index (χ2n) is 9.67. The Hall–Kier alpha value is -2.09. The molecule has 7 unspecified atom stereocenters. The number of carbonyl (C=O) groups is 1. The number of hydrogen-bond donors (Lipinski definition) is 0. The van der Waals surface area contributed by atoms with Crippen molar-refractivity contribution in [2.45, 2.75) is 26.2 Å². The Bertz CT molecular complexity index is 954. The average molecular weight is 358 g/mol. The van der Waals surface area contributed by atoms with Crippen molar-refractivity contribution in [3.05, 3.63) is 60.2 Å². The normalized spacial score (nSPS) is 40.6. The summed E-state index contributed by atoms with van der Waals surface area (Å²) in [6.07, 6.45) is 8.94. The molecule has 0 spiro atoms. The minimum Gasteiger partial charge on any atom is -0.461 e. The summed E-state index contributed by atoms with van der Waals surface area (Å²) < 4.78 is 5.95. The van der Waals surface area contributed by atoms with Crippen molar-refractivity contribution in [2.75, 3.05) is 6.61 Å². The van der Waals surface area contributed by atoms with Crippen molar-refractivity contribution < 1.29 is 9.53 Å². The molecular weight excluding hydrogens is 332 g/mol. The van der Waals surface area contributed by atoms with Crippen LogP contribution < -0.4 is 0 Å². The van der Waals surface area contributed by atoms with E-state index in [-0.39, 0.29) is 11.4 Å². The fourth-order valence-electron chi connectivity index (χ4n) is 7.37. The number of benzene rings is 2. The van der Waals surface area contributed by atoms with Crippen LogP contribution in [0, 0.1) is 40.9 Å². The van der Waals surface area contributed by atoms with Gasteiger partial charge in [-0.1, -0.05) is 55.5 Å². The van der Waals surface area contributed by atoms with E-state index >= 15 is 0 Å². The molecule has 4 aliphatic rings. The molecule has 3 fully saturated rings. The Morgan fingerprint density at radius 1 is 1.04 bits per heavy atom. The summed E-state index contributed by atoms with van der Waals surface area (Å²) in [6, 6.07) is 13.9. The lowest BCUT2D eigenvalue weighted by atomic mass is 9.63. The third-order valence-corrected chi connectivity index (χ3v) is 8.31. The highest BCUT2D eigenvalue weighted by atomic mass is 16.5. The molecule has 6 rings (SSSR count). The molecule has 0 amide bonds. The molecule has 3 saturated carbocycles. The van der Waals surface area contributed by atoms with Crippen molar-refractivity contribution in [2.24, 2.45) is 40.9 Å². The van der Waals surface area contributed by atoms with Crippen molar-refractivity contribution >= 4 is 16.7 Å². The predicted molar refractivity (Wildman–Crippen MR) is 106 cm³/mol. The van der Waals surface area contributed by atoms with E-state index in [1.54, 1.807) is 0 Å². The molecule has 7 atom stereocenters. The van der Waals surface area contributed by atoms with Crippen LogP contribution in [0.5, 0.6) is 0 Å². The first-order valence-electron chi connectivity index (χ1n) is 10.5. The molecule has 0 heterocycles. The van der Waals surface area contributed by atoms with E-state index in [4.69, 9.17) is 4.74 Å². The minimum absolute atomic E-state index is 0.157. The molecular formula is C25H26O2. The lowest BCUT2D eigenvalue weighted by Crippen LogP contribution is -2.40. The van der Waals surface area contributed by atoms with E-state index in [2.05, 4.69) is 19.1 Å². The Morgan fingerprint density at radius 2 is 1.81 bits per heavy atom. The second-order valence-corrected chi connectivity index (χ2v) is 9.67. The number of rotatable bonds is 3. The van der Waals surface area contributed by atoms with Gasteiger partial charge in [-0.2, -0.15) is 0 Å². The van der Waals surface area contributed by atoms with Gasteiger partial charge in [-0.05, 0) is 71.6 Å². The number of fused-ring (bicyclic) bond motifs is 10. The van der Waals surface area contributed by atoms with Crippen molar-refractivity contribution in [3.8, 4) is 0 Å². The van der Waals surface area contributed by atoms with Gasteiger partial charge in [-0.25, -0.2) is 4.79 Å². The summed E-state index contributed by atoms with van der Waals surface area (Å²) in [5.41, 5.74) is 0.852. The zero-order valence-corrected chi connectivity index (χ0v) is 15.8. The van der Waals surface area contributed by atoms with Gasteiger partial charge < -0.3 is 4.74 Å². The van der Waals surface area contributed by atoms with E-state index in [0.717, 1.165) is 46.3 Å². The first-order chi connectivity index (χ1) is 13.1. The molecule has 0 radical (unpaired) electrons. The van der Waals surface area contributed by atoms with Gasteiger partial charge in [0.05, 0.1) is 12.2 Å². The Kier molecular flexibility index (Phi) is 3.22. The topological polar surface area (TPSA) is 26.3 Å². The van der Waals surface area contributed by atoms with E-state index in [0.29, 0.717) is 12.2 Å². The van der Waals surface area contributed by atoms with Crippen LogP contribution in [0.3, 0.4) is 0 Å². The Morgan fingerprint density at radius 3 is 2.70 bits per heavy atom. The van der Waals surface area contributed by atoms with Gasteiger partial charge in [0.2, 0.25) is 0 Å². The van der Waals surface area contributed by atoms with Gasteiger partial charge in [0.15, 0.2) is 0 Å². The quantitative estimate of drug-likeness (QED) is 0.412. The number of esters is 1. The van der Waals surface area contributed by atoms with Gasteiger partial charge >= 0.3 is 5.97 Å². The predicted octanol–water partition coefficient (Wildman–Crippen LogP) is 5.48. The van der Waals surface area contributed by atoms with Crippen molar-refractivity contribution in [3.63, 3.8) is 0 Å². The molecule has 0 aliphatic heterocycles. The van der Waals surface area contributed by atoms with E-state index in [1.165, 1.54) is 19.3 Å². The smallest absolute Gasteiger partial charge is 0.338 e. The number of hydrogen-bond acceptors (Lipinski definition) is 2. The highest BCUT2D eigenvalue weighted by molar-refractivity contribution is 6.04. The van der Waals surface area contributed by atoms with Gasteiger partial charge in [0.25, 0.3) is 0 Å². The zero-order valence-electron chi connectivity index (χ0n) is 15.8. The molecule has 4 bridgehead atoms. The first kappa shape index (κ1) is 15.9. The lowest BCUT2D eigenvalue weighted by Gasteiger charge is -2.43. The van der Waals surface area contributed by atoms with Crippen LogP contribution in [-0.4, -0.2) is 12.6 Å². The highest BCUT2D eigenvalue weighted by Gasteiger charge is 2.64.